The number of ether oxygens (including phenoxy) is 2. The summed E-state index contributed by atoms with van der Waals surface area (Å²) in [6.07, 6.45) is 0. The molecule has 3 nitrogen and oxygen atoms in total. The van der Waals surface area contributed by atoms with Gasteiger partial charge in [-0.05, 0) is 144 Å². The average molecular weight is 1070 g/mol. The maximum Gasteiger partial charge on any atom is 0.132 e. The fourth-order valence-corrected chi connectivity index (χ4v) is 15.9. The molecule has 0 unspecified atom stereocenters. The molecule has 3 aliphatic carbocycles. The number of hydrogen-bond acceptors (Lipinski definition) is 3. The van der Waals surface area contributed by atoms with E-state index >= 15 is 0 Å². The van der Waals surface area contributed by atoms with Gasteiger partial charge in [0.15, 0.2) is 0 Å². The van der Waals surface area contributed by atoms with Crippen LogP contribution in [0.2, 0.25) is 0 Å². The third-order valence-electron chi connectivity index (χ3n) is 19.1. The Morgan fingerprint density at radius 2 is 0.631 bits per heavy atom. The fourth-order valence-electron chi connectivity index (χ4n) is 15.9. The van der Waals surface area contributed by atoms with E-state index in [0.717, 1.165) is 73.4 Å². The summed E-state index contributed by atoms with van der Waals surface area (Å²) in [5, 5.41) is 0. The number of rotatable bonds is 6. The smallest absolute Gasteiger partial charge is 0.132 e. The maximum absolute atomic E-state index is 6.82. The first-order valence-corrected chi connectivity index (χ1v) is 29.1. The predicted molar refractivity (Wildman–Crippen MR) is 339 cm³/mol. The molecule has 13 aromatic rings. The maximum atomic E-state index is 6.82. The quantitative estimate of drug-likeness (QED) is 0.166. The lowest BCUT2D eigenvalue weighted by Crippen LogP contribution is -2.32. The van der Waals surface area contributed by atoms with Crippen LogP contribution in [0.4, 0.5) is 17.1 Å². The molecule has 0 bridgehead atoms. The van der Waals surface area contributed by atoms with E-state index in [1.54, 1.807) is 0 Å². The molecular weight excluding hydrogens is 1020 g/mol. The highest BCUT2D eigenvalue weighted by atomic mass is 16.5. The zero-order valence-corrected chi connectivity index (χ0v) is 45.7. The van der Waals surface area contributed by atoms with Gasteiger partial charge in [0.25, 0.3) is 0 Å². The predicted octanol–water partition coefficient (Wildman–Crippen LogP) is 20.1. The minimum Gasteiger partial charge on any atom is -0.457 e. The van der Waals surface area contributed by atoms with Crippen LogP contribution in [0.5, 0.6) is 23.0 Å². The average Bonchev–Trinajstić information content (AvgIpc) is 1.73. The molecule has 0 saturated heterocycles. The number of para-hydroxylation sites is 4. The van der Waals surface area contributed by atoms with Crippen molar-refractivity contribution < 1.29 is 9.47 Å². The molecule has 2 aliphatic heterocycles. The molecule has 84 heavy (non-hydrogen) atoms. The number of fused-ring (bicyclic) bond motifs is 21. The molecule has 0 fully saturated rings. The van der Waals surface area contributed by atoms with Gasteiger partial charge < -0.3 is 14.4 Å². The summed E-state index contributed by atoms with van der Waals surface area (Å²) in [6, 6.07) is 114. The lowest BCUT2D eigenvalue weighted by molar-refractivity contribution is 0.436. The molecule has 2 heterocycles. The van der Waals surface area contributed by atoms with Gasteiger partial charge in [0.1, 0.15) is 23.0 Å². The van der Waals surface area contributed by atoms with E-state index in [-0.39, 0.29) is 0 Å². The van der Waals surface area contributed by atoms with Crippen LogP contribution in [0.15, 0.2) is 309 Å². The van der Waals surface area contributed by atoms with Gasteiger partial charge in [0, 0.05) is 39.2 Å². The van der Waals surface area contributed by atoms with Crippen LogP contribution < -0.4 is 14.4 Å². The Morgan fingerprint density at radius 3 is 1.21 bits per heavy atom. The van der Waals surface area contributed by atoms with Crippen LogP contribution >= 0.6 is 0 Å². The summed E-state index contributed by atoms with van der Waals surface area (Å²) in [6.45, 7) is 0. The van der Waals surface area contributed by atoms with Crippen molar-refractivity contribution >= 4 is 17.1 Å². The van der Waals surface area contributed by atoms with Crippen molar-refractivity contribution in [2.75, 3.05) is 4.90 Å². The molecule has 0 N–H and O–H groups in total. The molecule has 0 radical (unpaired) electrons. The van der Waals surface area contributed by atoms with Gasteiger partial charge in [0.05, 0.1) is 21.9 Å². The molecular formula is C81H51NO2. The molecule has 18 rings (SSSR count). The van der Waals surface area contributed by atoms with E-state index in [1.165, 1.54) is 77.9 Å². The second kappa shape index (κ2) is 17.6. The number of benzene rings is 13. The highest BCUT2D eigenvalue weighted by molar-refractivity contribution is 6.00. The van der Waals surface area contributed by atoms with Crippen LogP contribution in [0.3, 0.4) is 0 Å². The van der Waals surface area contributed by atoms with Crippen LogP contribution in [-0.2, 0) is 16.2 Å². The molecule has 2 spiro atoms. The molecule has 5 aliphatic rings. The van der Waals surface area contributed by atoms with E-state index in [2.05, 4.69) is 314 Å². The third kappa shape index (κ3) is 6.09. The van der Waals surface area contributed by atoms with E-state index in [0.29, 0.717) is 0 Å². The van der Waals surface area contributed by atoms with E-state index in [4.69, 9.17) is 9.47 Å². The molecule has 392 valence electrons. The normalized spacial score (nSPS) is 14.7. The number of hydrogen-bond donors (Lipinski definition) is 0. The summed E-state index contributed by atoms with van der Waals surface area (Å²) in [4.78, 5) is 2.54. The van der Waals surface area contributed by atoms with E-state index in [9.17, 15) is 0 Å². The number of nitrogens with zero attached hydrogens (tertiary/aromatic N) is 1. The lowest BCUT2D eigenvalue weighted by Gasteiger charge is -2.39. The standard InChI is InChI=1S/C81H51NO2/c1-3-24-54(25-4-1)79(55-26-5-2-6-27-55)63-32-10-7-29-58(63)60-47-45-53(50-72(60)79)52-23-21-28-56(49-52)82(57-46-48-66-62(51-57)59-30-8-11-33-64(59)80(66)67-35-13-17-41-74(67)83-75-42-18-14-36-68(75)80)73-40-22-39-71-78(73)61-31-9-12-34-65(61)81(71)69-37-15-19-43-76(69)84-77-44-20-16-38-70(77)81/h1-51H. The van der Waals surface area contributed by atoms with Crippen LogP contribution in [0, 0.1) is 0 Å². The van der Waals surface area contributed by atoms with Crippen LogP contribution in [0.25, 0.3) is 44.5 Å². The van der Waals surface area contributed by atoms with Gasteiger partial charge >= 0.3 is 0 Å². The van der Waals surface area contributed by atoms with Crippen molar-refractivity contribution in [3.8, 4) is 67.5 Å². The second-order valence-electron chi connectivity index (χ2n) is 22.9. The van der Waals surface area contributed by atoms with Gasteiger partial charge in [0.2, 0.25) is 0 Å². The Labute approximate surface area is 488 Å². The first-order valence-electron chi connectivity index (χ1n) is 29.1. The van der Waals surface area contributed by atoms with Crippen molar-refractivity contribution in [1.29, 1.82) is 0 Å². The van der Waals surface area contributed by atoms with Crippen molar-refractivity contribution in [3.05, 3.63) is 376 Å². The summed E-state index contributed by atoms with van der Waals surface area (Å²) >= 11 is 0. The molecule has 0 saturated carbocycles. The Morgan fingerprint density at radius 1 is 0.226 bits per heavy atom. The fraction of sp³-hybridized carbons (Fsp3) is 0.0370. The summed E-state index contributed by atoms with van der Waals surface area (Å²) in [7, 11) is 0. The number of anilines is 3. The first-order chi connectivity index (χ1) is 41.7. The summed E-state index contributed by atoms with van der Waals surface area (Å²) < 4.78 is 13.6. The molecule has 0 amide bonds. The summed E-state index contributed by atoms with van der Waals surface area (Å²) in [5.41, 5.74) is 25.6. The largest absolute Gasteiger partial charge is 0.457 e. The monoisotopic (exact) mass is 1070 g/mol. The molecule has 0 aromatic heterocycles. The van der Waals surface area contributed by atoms with Crippen molar-refractivity contribution in [1.82, 2.24) is 0 Å². The first kappa shape index (κ1) is 47.0. The SMILES string of the molecule is c1ccc(C2(c3ccccc3)c3ccccc3-c3ccc(-c4cccc(N(c5ccc6c(c5)-c5ccccc5C65c6ccccc6Oc6ccccc65)c5cccc6c5-c5ccccc5C65c6ccccc6Oc6ccccc65)c4)cc32)cc1. The van der Waals surface area contributed by atoms with Gasteiger partial charge in [-0.2, -0.15) is 0 Å². The zero-order chi connectivity index (χ0) is 55.1. The van der Waals surface area contributed by atoms with E-state index < -0.39 is 16.2 Å². The Balaban J connectivity index is 0.894. The highest BCUT2D eigenvalue weighted by Gasteiger charge is 2.54. The molecule has 3 heteroatoms. The lowest BCUT2D eigenvalue weighted by atomic mass is 9.66. The minimum atomic E-state index is -0.653. The second-order valence-corrected chi connectivity index (χ2v) is 22.9. The van der Waals surface area contributed by atoms with Gasteiger partial charge in [-0.1, -0.05) is 249 Å². The molecule has 13 aromatic carbocycles. The summed E-state index contributed by atoms with van der Waals surface area (Å²) in [5.74, 6) is 3.50. The highest BCUT2D eigenvalue weighted by Crippen LogP contribution is 2.66. The van der Waals surface area contributed by atoms with Crippen LogP contribution in [-0.4, -0.2) is 0 Å². The van der Waals surface area contributed by atoms with Crippen molar-refractivity contribution in [3.63, 3.8) is 0 Å². The minimum absolute atomic E-state index is 0.535. The van der Waals surface area contributed by atoms with Gasteiger partial charge in [-0.15, -0.1) is 0 Å². The van der Waals surface area contributed by atoms with E-state index in [1.807, 2.05) is 0 Å². The Bertz CT molecular complexity index is 4750. The van der Waals surface area contributed by atoms with Gasteiger partial charge in [-0.3, -0.25) is 0 Å². The zero-order valence-electron chi connectivity index (χ0n) is 45.7. The van der Waals surface area contributed by atoms with Crippen molar-refractivity contribution in [2.45, 2.75) is 16.2 Å². The van der Waals surface area contributed by atoms with Gasteiger partial charge in [-0.25, -0.2) is 0 Å². The Hall–Kier alpha value is -10.7. The van der Waals surface area contributed by atoms with Crippen molar-refractivity contribution in [2.24, 2.45) is 0 Å². The van der Waals surface area contributed by atoms with Crippen LogP contribution in [0.1, 0.15) is 66.8 Å². The Kier molecular flexibility index (Phi) is 9.86. The topological polar surface area (TPSA) is 21.7 Å². The molecule has 0 atom stereocenters. The third-order valence-corrected chi connectivity index (χ3v) is 19.1.